The standard InChI is InChI=1S/C21H19N5O3/c1-12-5-3-6-13(2)19(12)26-11-14(9-18(26)27)20-22-21(29-25-20)16-10-15(23-24-16)17-7-4-8-28-17/h3-8,10,14H,9,11H2,1-2H3,(H,23,24). The Labute approximate surface area is 166 Å². The number of para-hydroxylation sites is 1. The fourth-order valence-electron chi connectivity index (χ4n) is 3.82. The molecule has 4 heterocycles. The second-order valence-corrected chi connectivity index (χ2v) is 7.25. The third-order valence-corrected chi connectivity index (χ3v) is 5.22. The molecule has 8 nitrogen and oxygen atoms in total. The second kappa shape index (κ2) is 6.73. The first-order chi connectivity index (χ1) is 14.1. The summed E-state index contributed by atoms with van der Waals surface area (Å²) in [6.07, 6.45) is 1.95. The van der Waals surface area contributed by atoms with Gasteiger partial charge in [-0.15, -0.1) is 0 Å². The number of anilines is 1. The molecule has 1 saturated heterocycles. The molecule has 29 heavy (non-hydrogen) atoms. The molecule has 1 unspecified atom stereocenters. The maximum absolute atomic E-state index is 12.7. The van der Waals surface area contributed by atoms with Gasteiger partial charge in [-0.25, -0.2) is 0 Å². The SMILES string of the molecule is Cc1cccc(C)c1N1CC(c2noc(-c3cc(-c4ccco4)n[nH]3)n2)CC1=O. The van der Waals surface area contributed by atoms with Crippen LogP contribution in [0.4, 0.5) is 5.69 Å². The molecule has 0 radical (unpaired) electrons. The molecule has 0 saturated carbocycles. The van der Waals surface area contributed by atoms with Crippen LogP contribution in [-0.4, -0.2) is 32.8 Å². The average Bonchev–Trinajstić information content (AvgIpc) is 3.48. The zero-order valence-corrected chi connectivity index (χ0v) is 16.0. The van der Waals surface area contributed by atoms with Crippen LogP contribution in [0.2, 0.25) is 0 Å². The first-order valence-corrected chi connectivity index (χ1v) is 9.40. The van der Waals surface area contributed by atoms with E-state index in [0.717, 1.165) is 16.8 Å². The number of aryl methyl sites for hydroxylation is 2. The van der Waals surface area contributed by atoms with Crippen molar-refractivity contribution >= 4 is 11.6 Å². The van der Waals surface area contributed by atoms with Crippen LogP contribution in [0, 0.1) is 13.8 Å². The van der Waals surface area contributed by atoms with Crippen molar-refractivity contribution in [2.24, 2.45) is 0 Å². The van der Waals surface area contributed by atoms with Gasteiger partial charge in [0.05, 0.1) is 6.26 Å². The number of rotatable bonds is 4. The van der Waals surface area contributed by atoms with Crippen molar-refractivity contribution in [3.05, 3.63) is 59.6 Å². The van der Waals surface area contributed by atoms with Gasteiger partial charge in [-0.2, -0.15) is 10.1 Å². The van der Waals surface area contributed by atoms with Crippen LogP contribution in [-0.2, 0) is 4.79 Å². The van der Waals surface area contributed by atoms with Crippen molar-refractivity contribution < 1.29 is 13.7 Å². The maximum atomic E-state index is 12.7. The van der Waals surface area contributed by atoms with E-state index in [1.807, 2.05) is 43.0 Å². The fourth-order valence-corrected chi connectivity index (χ4v) is 3.82. The Hall–Kier alpha value is -3.68. The highest BCUT2D eigenvalue weighted by molar-refractivity contribution is 5.97. The summed E-state index contributed by atoms with van der Waals surface area (Å²) in [6, 6.07) is 11.4. The van der Waals surface area contributed by atoms with E-state index in [2.05, 4.69) is 20.3 Å². The minimum atomic E-state index is -0.119. The Balaban J connectivity index is 1.38. The van der Waals surface area contributed by atoms with Gasteiger partial charge in [0.25, 0.3) is 5.89 Å². The van der Waals surface area contributed by atoms with Crippen molar-refractivity contribution in [1.82, 2.24) is 20.3 Å². The van der Waals surface area contributed by atoms with Crippen LogP contribution < -0.4 is 4.90 Å². The van der Waals surface area contributed by atoms with Crippen LogP contribution in [0.3, 0.4) is 0 Å². The number of hydrogen-bond donors (Lipinski definition) is 1. The summed E-state index contributed by atoms with van der Waals surface area (Å²) in [5, 5.41) is 11.2. The lowest BCUT2D eigenvalue weighted by atomic mass is 10.1. The Morgan fingerprint density at radius 1 is 1.17 bits per heavy atom. The average molecular weight is 389 g/mol. The van der Waals surface area contributed by atoms with Gasteiger partial charge in [0.1, 0.15) is 11.4 Å². The summed E-state index contributed by atoms with van der Waals surface area (Å²) < 4.78 is 10.8. The van der Waals surface area contributed by atoms with Crippen LogP contribution in [0.5, 0.6) is 0 Å². The molecular formula is C21H19N5O3. The molecule has 1 aromatic carbocycles. The summed E-state index contributed by atoms with van der Waals surface area (Å²) in [6.45, 7) is 4.57. The van der Waals surface area contributed by atoms with Crippen molar-refractivity contribution in [2.45, 2.75) is 26.2 Å². The minimum absolute atomic E-state index is 0.0698. The van der Waals surface area contributed by atoms with Crippen molar-refractivity contribution in [1.29, 1.82) is 0 Å². The van der Waals surface area contributed by atoms with E-state index >= 15 is 0 Å². The van der Waals surface area contributed by atoms with E-state index < -0.39 is 0 Å². The molecule has 5 rings (SSSR count). The quantitative estimate of drug-likeness (QED) is 0.569. The van der Waals surface area contributed by atoms with E-state index in [9.17, 15) is 4.79 Å². The zero-order valence-electron chi connectivity index (χ0n) is 16.0. The predicted molar refractivity (Wildman–Crippen MR) is 105 cm³/mol. The Kier molecular flexibility index (Phi) is 4.04. The van der Waals surface area contributed by atoms with Gasteiger partial charge in [0.2, 0.25) is 5.91 Å². The van der Waals surface area contributed by atoms with E-state index in [0.29, 0.717) is 41.8 Å². The largest absolute Gasteiger partial charge is 0.463 e. The molecule has 4 aromatic rings. The lowest BCUT2D eigenvalue weighted by molar-refractivity contribution is -0.117. The number of carbonyl (C=O) groups is 1. The summed E-state index contributed by atoms with van der Waals surface area (Å²) in [7, 11) is 0. The van der Waals surface area contributed by atoms with Gasteiger partial charge in [-0.3, -0.25) is 9.89 Å². The highest BCUT2D eigenvalue weighted by Gasteiger charge is 2.35. The van der Waals surface area contributed by atoms with Gasteiger partial charge in [0, 0.05) is 30.6 Å². The van der Waals surface area contributed by atoms with E-state index in [1.54, 1.807) is 18.4 Å². The second-order valence-electron chi connectivity index (χ2n) is 7.25. The van der Waals surface area contributed by atoms with Gasteiger partial charge in [-0.05, 0) is 37.1 Å². The summed E-state index contributed by atoms with van der Waals surface area (Å²) in [4.78, 5) is 19.0. The minimum Gasteiger partial charge on any atom is -0.463 e. The van der Waals surface area contributed by atoms with E-state index in [4.69, 9.17) is 8.94 Å². The summed E-state index contributed by atoms with van der Waals surface area (Å²) in [5.74, 6) is 1.46. The van der Waals surface area contributed by atoms with Crippen LogP contribution in [0.25, 0.3) is 23.0 Å². The summed E-state index contributed by atoms with van der Waals surface area (Å²) in [5.41, 5.74) is 4.39. The van der Waals surface area contributed by atoms with Gasteiger partial charge < -0.3 is 13.8 Å². The number of nitrogens with one attached hydrogen (secondary N) is 1. The van der Waals surface area contributed by atoms with E-state index in [1.165, 1.54) is 0 Å². The topological polar surface area (TPSA) is 101 Å². The fraction of sp³-hybridized carbons (Fsp3) is 0.238. The number of aromatic amines is 1. The Bertz CT molecular complexity index is 1150. The molecule has 1 fully saturated rings. The van der Waals surface area contributed by atoms with Gasteiger partial charge in [0.15, 0.2) is 11.6 Å². The molecule has 1 atom stereocenters. The third-order valence-electron chi connectivity index (χ3n) is 5.22. The number of furan rings is 1. The number of aromatic nitrogens is 4. The highest BCUT2D eigenvalue weighted by Crippen LogP contribution is 2.34. The zero-order chi connectivity index (χ0) is 20.0. The van der Waals surface area contributed by atoms with Gasteiger partial charge >= 0.3 is 0 Å². The van der Waals surface area contributed by atoms with Crippen molar-refractivity contribution in [3.8, 4) is 23.0 Å². The lowest BCUT2D eigenvalue weighted by Gasteiger charge is -2.21. The number of hydrogen-bond acceptors (Lipinski definition) is 6. The third kappa shape index (κ3) is 3.02. The molecule has 1 aliphatic heterocycles. The first kappa shape index (κ1) is 17.4. The highest BCUT2D eigenvalue weighted by atomic mass is 16.5. The molecule has 1 amide bonds. The van der Waals surface area contributed by atoms with E-state index in [-0.39, 0.29) is 11.8 Å². The van der Waals surface area contributed by atoms with Crippen LogP contribution >= 0.6 is 0 Å². The number of H-pyrrole nitrogens is 1. The molecule has 0 aliphatic carbocycles. The van der Waals surface area contributed by atoms with Gasteiger partial charge in [-0.1, -0.05) is 23.4 Å². The number of benzene rings is 1. The van der Waals surface area contributed by atoms with Crippen molar-refractivity contribution in [2.75, 3.05) is 11.4 Å². The molecule has 1 N–H and O–H groups in total. The molecular weight excluding hydrogens is 370 g/mol. The number of carbonyl (C=O) groups excluding carboxylic acids is 1. The molecule has 0 bridgehead atoms. The normalized spacial score (nSPS) is 16.7. The molecule has 3 aromatic heterocycles. The maximum Gasteiger partial charge on any atom is 0.275 e. The Morgan fingerprint density at radius 3 is 2.76 bits per heavy atom. The number of amides is 1. The van der Waals surface area contributed by atoms with Crippen LogP contribution in [0.1, 0.15) is 29.3 Å². The predicted octanol–water partition coefficient (Wildman–Crippen LogP) is 3.86. The molecule has 8 heteroatoms. The first-order valence-electron chi connectivity index (χ1n) is 9.40. The lowest BCUT2D eigenvalue weighted by Crippen LogP contribution is -2.26. The van der Waals surface area contributed by atoms with Crippen molar-refractivity contribution in [3.63, 3.8) is 0 Å². The molecule has 0 spiro atoms. The monoisotopic (exact) mass is 389 g/mol. The number of nitrogens with zero attached hydrogens (tertiary/aromatic N) is 4. The smallest absolute Gasteiger partial charge is 0.275 e. The molecule has 146 valence electrons. The molecule has 1 aliphatic rings. The Morgan fingerprint density at radius 2 is 2.00 bits per heavy atom. The van der Waals surface area contributed by atoms with Crippen LogP contribution in [0.15, 0.2) is 51.6 Å². The summed E-state index contributed by atoms with van der Waals surface area (Å²) >= 11 is 0.